The lowest BCUT2D eigenvalue weighted by Gasteiger charge is -2.19. The SMILES string of the molecule is CCOC(=O)/C=C/C[C@@H](NC(=O)[C@H](OC)c1ccccc1)C(=O)O. The van der Waals surface area contributed by atoms with Crippen molar-refractivity contribution in [1.29, 1.82) is 0 Å². The number of ether oxygens (including phenoxy) is 2. The van der Waals surface area contributed by atoms with Crippen LogP contribution in [0.25, 0.3) is 0 Å². The van der Waals surface area contributed by atoms with Crippen molar-refractivity contribution in [3.8, 4) is 0 Å². The van der Waals surface area contributed by atoms with E-state index in [4.69, 9.17) is 9.47 Å². The summed E-state index contributed by atoms with van der Waals surface area (Å²) < 4.78 is 9.85. The normalized spacial score (nSPS) is 13.2. The van der Waals surface area contributed by atoms with Crippen molar-refractivity contribution in [2.75, 3.05) is 13.7 Å². The number of hydrogen-bond acceptors (Lipinski definition) is 5. The molecule has 0 spiro atoms. The highest BCUT2D eigenvalue weighted by Gasteiger charge is 2.25. The smallest absolute Gasteiger partial charge is 0.330 e. The molecule has 0 unspecified atom stereocenters. The lowest BCUT2D eigenvalue weighted by atomic mass is 10.1. The van der Waals surface area contributed by atoms with Crippen molar-refractivity contribution in [2.45, 2.75) is 25.5 Å². The highest BCUT2D eigenvalue weighted by molar-refractivity contribution is 5.87. The van der Waals surface area contributed by atoms with Gasteiger partial charge in [-0.25, -0.2) is 9.59 Å². The van der Waals surface area contributed by atoms with Gasteiger partial charge in [-0.15, -0.1) is 0 Å². The number of rotatable bonds is 9. The molecule has 0 saturated carbocycles. The quantitative estimate of drug-likeness (QED) is 0.523. The average molecular weight is 335 g/mol. The number of nitrogens with one attached hydrogen (secondary N) is 1. The predicted molar refractivity (Wildman–Crippen MR) is 86.1 cm³/mol. The van der Waals surface area contributed by atoms with Crippen LogP contribution in [0.4, 0.5) is 0 Å². The van der Waals surface area contributed by atoms with Gasteiger partial charge in [0.2, 0.25) is 0 Å². The second kappa shape index (κ2) is 10.2. The van der Waals surface area contributed by atoms with Gasteiger partial charge in [0.25, 0.3) is 5.91 Å². The Morgan fingerprint density at radius 2 is 1.92 bits per heavy atom. The molecule has 7 nitrogen and oxygen atoms in total. The van der Waals surface area contributed by atoms with Gasteiger partial charge in [0, 0.05) is 13.2 Å². The number of amides is 1. The van der Waals surface area contributed by atoms with Crippen LogP contribution in [-0.4, -0.2) is 42.7 Å². The first-order valence-electron chi connectivity index (χ1n) is 7.43. The first-order valence-corrected chi connectivity index (χ1v) is 7.43. The zero-order valence-electron chi connectivity index (χ0n) is 13.6. The molecule has 0 saturated heterocycles. The summed E-state index contributed by atoms with van der Waals surface area (Å²) in [5, 5.41) is 11.6. The molecule has 1 aromatic rings. The Bertz CT molecular complexity index is 584. The van der Waals surface area contributed by atoms with Crippen molar-refractivity contribution >= 4 is 17.8 Å². The lowest BCUT2D eigenvalue weighted by Crippen LogP contribution is -2.43. The molecule has 0 aromatic heterocycles. The standard InChI is InChI=1S/C17H21NO6/c1-3-24-14(19)11-7-10-13(17(21)22)18-16(20)15(23-2)12-8-5-4-6-9-12/h4-9,11,13,15H,3,10H2,1-2H3,(H,18,20)(H,21,22)/b11-7+/t13-,15-/m1/s1. The van der Waals surface area contributed by atoms with Gasteiger partial charge in [-0.05, 0) is 18.9 Å². The number of carboxylic acid groups (broad SMARTS) is 1. The third kappa shape index (κ3) is 6.21. The minimum absolute atomic E-state index is 0.0505. The van der Waals surface area contributed by atoms with E-state index in [1.165, 1.54) is 13.2 Å². The van der Waals surface area contributed by atoms with Gasteiger partial charge >= 0.3 is 11.9 Å². The van der Waals surface area contributed by atoms with E-state index in [2.05, 4.69) is 5.32 Å². The fourth-order valence-corrected chi connectivity index (χ4v) is 1.98. The molecule has 0 heterocycles. The zero-order valence-corrected chi connectivity index (χ0v) is 13.6. The molecule has 24 heavy (non-hydrogen) atoms. The second-order valence-electron chi connectivity index (χ2n) is 4.82. The van der Waals surface area contributed by atoms with E-state index in [-0.39, 0.29) is 13.0 Å². The van der Waals surface area contributed by atoms with E-state index >= 15 is 0 Å². The fraction of sp³-hybridized carbons (Fsp3) is 0.353. The van der Waals surface area contributed by atoms with Crippen LogP contribution in [0.3, 0.4) is 0 Å². The lowest BCUT2D eigenvalue weighted by molar-refractivity contribution is -0.144. The molecule has 2 atom stereocenters. The van der Waals surface area contributed by atoms with Crippen LogP contribution in [0.5, 0.6) is 0 Å². The molecule has 0 radical (unpaired) electrons. The monoisotopic (exact) mass is 335 g/mol. The van der Waals surface area contributed by atoms with E-state index in [0.29, 0.717) is 5.56 Å². The maximum atomic E-state index is 12.3. The summed E-state index contributed by atoms with van der Waals surface area (Å²) >= 11 is 0. The van der Waals surface area contributed by atoms with E-state index < -0.39 is 30.0 Å². The number of hydrogen-bond donors (Lipinski definition) is 2. The average Bonchev–Trinajstić information content (AvgIpc) is 2.55. The molecule has 0 fully saturated rings. The van der Waals surface area contributed by atoms with Crippen molar-refractivity contribution in [2.24, 2.45) is 0 Å². The Labute approximate surface area is 140 Å². The third-order valence-electron chi connectivity index (χ3n) is 3.10. The van der Waals surface area contributed by atoms with Crippen LogP contribution in [0, 0.1) is 0 Å². The molecule has 1 amide bonds. The number of aliphatic carboxylic acids is 1. The Kier molecular flexibility index (Phi) is 8.21. The minimum atomic E-state index is -1.21. The second-order valence-corrected chi connectivity index (χ2v) is 4.82. The van der Waals surface area contributed by atoms with E-state index in [1.54, 1.807) is 37.3 Å². The Morgan fingerprint density at radius 3 is 2.46 bits per heavy atom. The highest BCUT2D eigenvalue weighted by atomic mass is 16.5. The van der Waals surface area contributed by atoms with Crippen molar-refractivity contribution in [3.63, 3.8) is 0 Å². The zero-order chi connectivity index (χ0) is 17.9. The van der Waals surface area contributed by atoms with E-state index in [1.807, 2.05) is 0 Å². The van der Waals surface area contributed by atoms with Crippen molar-refractivity contribution in [3.05, 3.63) is 48.0 Å². The summed E-state index contributed by atoms with van der Waals surface area (Å²) in [4.78, 5) is 34.7. The maximum Gasteiger partial charge on any atom is 0.330 e. The number of carbonyl (C=O) groups is 3. The molecule has 130 valence electrons. The van der Waals surface area contributed by atoms with Crippen molar-refractivity contribution in [1.82, 2.24) is 5.32 Å². The Balaban J connectivity index is 2.71. The van der Waals surface area contributed by atoms with Gasteiger partial charge in [0.05, 0.1) is 6.61 Å². The number of carbonyl (C=O) groups excluding carboxylic acids is 2. The van der Waals surface area contributed by atoms with Crippen LogP contribution >= 0.6 is 0 Å². The topological polar surface area (TPSA) is 102 Å². The molecule has 1 rings (SSSR count). The molecule has 0 aliphatic heterocycles. The molecular weight excluding hydrogens is 314 g/mol. The molecule has 7 heteroatoms. The predicted octanol–water partition coefficient (Wildman–Crippen LogP) is 1.45. The molecule has 2 N–H and O–H groups in total. The van der Waals surface area contributed by atoms with Gasteiger partial charge in [0.15, 0.2) is 6.10 Å². The van der Waals surface area contributed by atoms with Gasteiger partial charge in [-0.3, -0.25) is 4.79 Å². The number of methoxy groups -OCH3 is 1. The van der Waals surface area contributed by atoms with Crippen LogP contribution in [-0.2, 0) is 23.9 Å². The van der Waals surface area contributed by atoms with Gasteiger partial charge in [-0.2, -0.15) is 0 Å². The number of esters is 1. The van der Waals surface area contributed by atoms with E-state index in [0.717, 1.165) is 6.08 Å². The highest BCUT2D eigenvalue weighted by Crippen LogP contribution is 2.16. The number of carboxylic acids is 1. The third-order valence-corrected chi connectivity index (χ3v) is 3.10. The van der Waals surface area contributed by atoms with Crippen LogP contribution < -0.4 is 5.32 Å². The van der Waals surface area contributed by atoms with Crippen LogP contribution in [0.15, 0.2) is 42.5 Å². The first-order chi connectivity index (χ1) is 11.5. The van der Waals surface area contributed by atoms with Crippen LogP contribution in [0.2, 0.25) is 0 Å². The largest absolute Gasteiger partial charge is 0.480 e. The van der Waals surface area contributed by atoms with Gasteiger partial charge in [-0.1, -0.05) is 36.4 Å². The molecular formula is C17H21NO6. The van der Waals surface area contributed by atoms with Crippen LogP contribution in [0.1, 0.15) is 25.0 Å². The van der Waals surface area contributed by atoms with Gasteiger partial charge < -0.3 is 19.9 Å². The van der Waals surface area contributed by atoms with Crippen molar-refractivity contribution < 1.29 is 29.0 Å². The Hall–Kier alpha value is -2.67. The minimum Gasteiger partial charge on any atom is -0.480 e. The molecule has 0 bridgehead atoms. The summed E-state index contributed by atoms with van der Waals surface area (Å²) in [6.07, 6.45) is 1.52. The fourth-order valence-electron chi connectivity index (χ4n) is 1.98. The summed E-state index contributed by atoms with van der Waals surface area (Å²) in [5.74, 6) is -2.34. The number of benzene rings is 1. The first kappa shape index (κ1) is 19.4. The summed E-state index contributed by atoms with van der Waals surface area (Å²) in [6, 6.07) is 7.56. The summed E-state index contributed by atoms with van der Waals surface area (Å²) in [6.45, 7) is 1.90. The summed E-state index contributed by atoms with van der Waals surface area (Å²) in [7, 11) is 1.37. The van der Waals surface area contributed by atoms with E-state index in [9.17, 15) is 19.5 Å². The Morgan fingerprint density at radius 1 is 1.25 bits per heavy atom. The molecule has 0 aliphatic rings. The molecule has 0 aliphatic carbocycles. The maximum absolute atomic E-state index is 12.3. The summed E-state index contributed by atoms with van der Waals surface area (Å²) in [5.41, 5.74) is 0.615. The molecule has 1 aromatic carbocycles. The van der Waals surface area contributed by atoms with Gasteiger partial charge in [0.1, 0.15) is 6.04 Å².